The summed E-state index contributed by atoms with van der Waals surface area (Å²) in [6.45, 7) is 1.35. The molecule has 4 rings (SSSR count). The molecule has 7 heteroatoms. The topological polar surface area (TPSA) is 87.9 Å². The average molecular weight is 393 g/mol. The maximum Gasteiger partial charge on any atom is 0.239 e. The fourth-order valence-corrected chi connectivity index (χ4v) is 3.99. The number of nitrogens with zero attached hydrogens (tertiary/aromatic N) is 3. The second-order valence-corrected chi connectivity index (χ2v) is 7.45. The number of halogens is 1. The number of piperidine rings is 1. The molecule has 3 N–H and O–H groups in total. The van der Waals surface area contributed by atoms with Gasteiger partial charge < -0.3 is 10.6 Å². The number of aromatic nitrogens is 3. The normalized spacial score (nSPS) is 16.0. The van der Waals surface area contributed by atoms with E-state index >= 15 is 0 Å². The molecule has 0 aliphatic carbocycles. The van der Waals surface area contributed by atoms with Crippen LogP contribution in [0.1, 0.15) is 48.0 Å². The molecule has 1 aliphatic heterocycles. The minimum atomic E-state index is -0.276. The molecular formula is C22H24FN5O. The quantitative estimate of drug-likeness (QED) is 0.695. The Bertz CT molecular complexity index is 949. The molecule has 3 aromatic rings. The first kappa shape index (κ1) is 19.1. The van der Waals surface area contributed by atoms with E-state index in [-0.39, 0.29) is 29.5 Å². The lowest BCUT2D eigenvalue weighted by Gasteiger charge is -2.32. The fraction of sp³-hybridized carbons (Fsp3) is 0.318. The van der Waals surface area contributed by atoms with Crippen LogP contribution in [0.5, 0.6) is 0 Å². The van der Waals surface area contributed by atoms with Gasteiger partial charge in [0, 0.05) is 31.3 Å². The maximum atomic E-state index is 13.4. The molecule has 6 nitrogen and oxygen atoms in total. The molecule has 0 bridgehead atoms. The second kappa shape index (κ2) is 8.43. The Hall–Kier alpha value is -3.22. The highest BCUT2D eigenvalue weighted by atomic mass is 19.1. The molecule has 1 fully saturated rings. The van der Waals surface area contributed by atoms with E-state index in [9.17, 15) is 9.18 Å². The summed E-state index contributed by atoms with van der Waals surface area (Å²) in [5, 5.41) is 6.77. The van der Waals surface area contributed by atoms with Gasteiger partial charge in [-0.15, -0.1) is 5.10 Å². The highest BCUT2D eigenvalue weighted by Crippen LogP contribution is 2.31. The third-order valence-electron chi connectivity index (χ3n) is 5.61. The van der Waals surface area contributed by atoms with E-state index in [0.29, 0.717) is 19.5 Å². The van der Waals surface area contributed by atoms with Crippen LogP contribution in [0.2, 0.25) is 0 Å². The van der Waals surface area contributed by atoms with E-state index in [4.69, 9.17) is 5.73 Å². The molecule has 1 saturated heterocycles. The van der Waals surface area contributed by atoms with Crippen molar-refractivity contribution in [3.63, 3.8) is 0 Å². The minimum absolute atomic E-state index is 0.101. The summed E-state index contributed by atoms with van der Waals surface area (Å²) in [6, 6.07) is 16.3. The van der Waals surface area contributed by atoms with Crippen LogP contribution in [0.3, 0.4) is 0 Å². The van der Waals surface area contributed by atoms with Crippen LogP contribution in [0.25, 0.3) is 0 Å². The van der Waals surface area contributed by atoms with Crippen molar-refractivity contribution in [2.24, 2.45) is 0 Å². The summed E-state index contributed by atoms with van der Waals surface area (Å²) >= 11 is 0. The molecule has 1 aliphatic rings. The molecule has 0 saturated carbocycles. The van der Waals surface area contributed by atoms with Gasteiger partial charge in [0.2, 0.25) is 11.9 Å². The van der Waals surface area contributed by atoms with Crippen molar-refractivity contribution in [1.82, 2.24) is 20.1 Å². The number of nitrogen functional groups attached to an aromatic ring is 1. The van der Waals surface area contributed by atoms with Gasteiger partial charge in [-0.1, -0.05) is 42.5 Å². The van der Waals surface area contributed by atoms with Gasteiger partial charge in [-0.2, -0.15) is 4.98 Å². The number of nitrogens with one attached hydrogen (secondary N) is 1. The van der Waals surface area contributed by atoms with Gasteiger partial charge >= 0.3 is 0 Å². The molecule has 1 unspecified atom stereocenters. The smallest absolute Gasteiger partial charge is 0.239 e. The van der Waals surface area contributed by atoms with Crippen LogP contribution in [-0.2, 0) is 4.79 Å². The number of hydrogen-bond acceptors (Lipinski definition) is 4. The van der Waals surface area contributed by atoms with Gasteiger partial charge in [0.15, 0.2) is 0 Å². The molecule has 1 atom stereocenters. The Morgan fingerprint density at radius 1 is 1.10 bits per heavy atom. The third kappa shape index (κ3) is 4.45. The van der Waals surface area contributed by atoms with E-state index in [1.165, 1.54) is 12.1 Å². The van der Waals surface area contributed by atoms with E-state index in [2.05, 4.69) is 15.2 Å². The minimum Gasteiger partial charge on any atom is -0.367 e. The Morgan fingerprint density at radius 3 is 2.38 bits per heavy atom. The Morgan fingerprint density at radius 2 is 1.76 bits per heavy atom. The van der Waals surface area contributed by atoms with E-state index in [0.717, 1.165) is 29.8 Å². The van der Waals surface area contributed by atoms with Crippen molar-refractivity contribution < 1.29 is 9.18 Å². The number of amides is 1. The monoisotopic (exact) mass is 393 g/mol. The van der Waals surface area contributed by atoms with E-state index in [1.54, 1.807) is 12.1 Å². The molecule has 2 aromatic carbocycles. The third-order valence-corrected chi connectivity index (χ3v) is 5.61. The lowest BCUT2D eigenvalue weighted by atomic mass is 9.87. The lowest BCUT2D eigenvalue weighted by Crippen LogP contribution is -2.38. The number of carbonyl (C=O) groups excluding carboxylic acids is 1. The van der Waals surface area contributed by atoms with Crippen molar-refractivity contribution in [1.29, 1.82) is 0 Å². The molecule has 0 spiro atoms. The lowest BCUT2D eigenvalue weighted by molar-refractivity contribution is -0.132. The predicted octanol–water partition coefficient (Wildman–Crippen LogP) is 3.45. The number of benzene rings is 2. The first-order valence-electron chi connectivity index (χ1n) is 9.86. The standard InChI is InChI=1S/C22H24FN5O/c23-18-8-6-16(7-9-18)19(15-4-2-1-3-5-15)14-20(29)28-12-10-17(11-13-28)21-25-22(24)27-26-21/h1-9,17,19H,10-14H2,(H3,24,25,26,27). The Labute approximate surface area is 169 Å². The second-order valence-electron chi connectivity index (χ2n) is 7.45. The Balaban J connectivity index is 1.45. The Kier molecular flexibility index (Phi) is 5.55. The summed E-state index contributed by atoms with van der Waals surface area (Å²) in [5.74, 6) is 1.02. The fourth-order valence-electron chi connectivity index (χ4n) is 3.99. The molecule has 1 aromatic heterocycles. The number of H-pyrrole nitrogens is 1. The predicted molar refractivity (Wildman–Crippen MR) is 109 cm³/mol. The number of carbonyl (C=O) groups is 1. The van der Waals surface area contributed by atoms with Gasteiger partial charge in [0.05, 0.1) is 0 Å². The van der Waals surface area contributed by atoms with Crippen molar-refractivity contribution in [3.8, 4) is 0 Å². The number of anilines is 1. The number of rotatable bonds is 5. The zero-order valence-electron chi connectivity index (χ0n) is 16.1. The van der Waals surface area contributed by atoms with Crippen LogP contribution in [0.4, 0.5) is 10.3 Å². The van der Waals surface area contributed by atoms with Crippen molar-refractivity contribution in [2.75, 3.05) is 18.8 Å². The van der Waals surface area contributed by atoms with Crippen LogP contribution in [-0.4, -0.2) is 39.1 Å². The number of aromatic amines is 1. The van der Waals surface area contributed by atoms with Crippen LogP contribution in [0.15, 0.2) is 54.6 Å². The first-order chi connectivity index (χ1) is 14.1. The highest BCUT2D eigenvalue weighted by molar-refractivity contribution is 5.78. The SMILES string of the molecule is Nc1n[nH]c(C2CCN(C(=O)CC(c3ccccc3)c3ccc(F)cc3)CC2)n1. The van der Waals surface area contributed by atoms with Crippen LogP contribution >= 0.6 is 0 Å². The van der Waals surface area contributed by atoms with Crippen molar-refractivity contribution in [2.45, 2.75) is 31.1 Å². The van der Waals surface area contributed by atoms with Crippen LogP contribution < -0.4 is 5.73 Å². The molecule has 29 heavy (non-hydrogen) atoms. The summed E-state index contributed by atoms with van der Waals surface area (Å²) in [6.07, 6.45) is 2.01. The number of likely N-dealkylation sites (tertiary alicyclic amines) is 1. The van der Waals surface area contributed by atoms with Gasteiger partial charge in [-0.05, 0) is 36.1 Å². The average Bonchev–Trinajstić information content (AvgIpc) is 3.20. The molecule has 150 valence electrons. The number of nitrogens with two attached hydrogens (primary N) is 1. The van der Waals surface area contributed by atoms with Gasteiger partial charge in [0.1, 0.15) is 11.6 Å². The first-order valence-corrected chi connectivity index (χ1v) is 9.86. The summed E-state index contributed by atoms with van der Waals surface area (Å²) in [7, 11) is 0. The molecule has 2 heterocycles. The molecule has 0 radical (unpaired) electrons. The van der Waals surface area contributed by atoms with E-state index in [1.807, 2.05) is 35.2 Å². The zero-order chi connectivity index (χ0) is 20.2. The highest BCUT2D eigenvalue weighted by Gasteiger charge is 2.28. The largest absolute Gasteiger partial charge is 0.367 e. The molecule has 1 amide bonds. The summed E-state index contributed by atoms with van der Waals surface area (Å²) < 4.78 is 13.4. The van der Waals surface area contributed by atoms with Crippen LogP contribution in [0, 0.1) is 5.82 Å². The van der Waals surface area contributed by atoms with Crippen molar-refractivity contribution >= 4 is 11.9 Å². The maximum absolute atomic E-state index is 13.4. The molecular weight excluding hydrogens is 369 g/mol. The number of hydrogen-bond donors (Lipinski definition) is 2. The van der Waals surface area contributed by atoms with E-state index < -0.39 is 0 Å². The van der Waals surface area contributed by atoms with Gasteiger partial charge in [-0.25, -0.2) is 4.39 Å². The van der Waals surface area contributed by atoms with Crippen molar-refractivity contribution in [3.05, 3.63) is 77.4 Å². The summed E-state index contributed by atoms with van der Waals surface area (Å²) in [4.78, 5) is 19.2. The van der Waals surface area contributed by atoms with Gasteiger partial charge in [0.25, 0.3) is 0 Å². The summed E-state index contributed by atoms with van der Waals surface area (Å²) in [5.41, 5.74) is 7.59. The van der Waals surface area contributed by atoms with Gasteiger partial charge in [-0.3, -0.25) is 9.89 Å². The zero-order valence-corrected chi connectivity index (χ0v) is 16.1.